The smallest absolute Gasteiger partial charge is 0.407 e. The molecule has 2 amide bonds. The highest BCUT2D eigenvalue weighted by molar-refractivity contribution is 5.67. The molecule has 2 rings (SSSR count). The molecule has 0 spiro atoms. The summed E-state index contributed by atoms with van der Waals surface area (Å²) in [6.07, 6.45) is 9.15. The Bertz CT molecular complexity index is 875. The molecule has 2 aliphatic heterocycles. The van der Waals surface area contributed by atoms with Crippen molar-refractivity contribution in [2.24, 2.45) is 0 Å². The molecule has 0 radical (unpaired) electrons. The number of piperidine rings is 2. The molecule has 0 aliphatic carbocycles. The van der Waals surface area contributed by atoms with Crippen LogP contribution in [-0.2, 0) is 18.9 Å². The van der Waals surface area contributed by atoms with Crippen LogP contribution >= 0.6 is 0 Å². The van der Waals surface area contributed by atoms with Gasteiger partial charge in [0.15, 0.2) is 0 Å². The van der Waals surface area contributed by atoms with Crippen LogP contribution < -0.4 is 10.6 Å². The molecule has 46 heavy (non-hydrogen) atoms. The van der Waals surface area contributed by atoms with E-state index in [4.69, 9.17) is 14.2 Å². The number of aliphatic hydroxyl groups excluding tert-OH is 1. The lowest BCUT2D eigenvalue weighted by molar-refractivity contribution is -0.108. The number of amides is 2. The number of nitrogens with one attached hydrogen (secondary N) is 2. The number of rotatable bonds is 19. The van der Waals surface area contributed by atoms with E-state index in [1.807, 2.05) is 0 Å². The highest BCUT2D eigenvalue weighted by atomic mass is 16.5. The molecule has 0 saturated carbocycles. The summed E-state index contributed by atoms with van der Waals surface area (Å²) in [6.45, 7) is 22.5. The number of β-amino-alcohol motifs (C(OH)–C–C–N with tert-alkyl or cyclic N) is 1. The summed E-state index contributed by atoms with van der Waals surface area (Å²) in [6, 6.07) is 0. The molecule has 2 fully saturated rings. The van der Waals surface area contributed by atoms with E-state index in [-0.39, 0.29) is 53.2 Å². The van der Waals surface area contributed by atoms with Crippen molar-refractivity contribution in [1.29, 1.82) is 0 Å². The zero-order chi connectivity index (χ0) is 34.4. The number of likely N-dealkylation sites (tertiary alicyclic amines) is 2. The van der Waals surface area contributed by atoms with Crippen LogP contribution in [0.4, 0.5) is 9.59 Å². The van der Waals surface area contributed by atoms with Gasteiger partial charge in [-0.25, -0.2) is 9.59 Å². The van der Waals surface area contributed by atoms with Gasteiger partial charge in [-0.15, -0.1) is 0 Å². The van der Waals surface area contributed by atoms with Gasteiger partial charge in [-0.3, -0.25) is 9.80 Å². The second-order valence-corrected chi connectivity index (χ2v) is 15.7. The Morgan fingerprint density at radius 1 is 0.630 bits per heavy atom. The maximum atomic E-state index is 12.4. The first kappa shape index (κ1) is 40.5. The number of unbranched alkanes of at least 4 members (excludes halogenated alkanes) is 4. The van der Waals surface area contributed by atoms with E-state index in [2.05, 4.69) is 80.6 Å². The minimum Gasteiger partial charge on any atom is -0.453 e. The Kier molecular flexibility index (Phi) is 16.5. The molecule has 2 aliphatic rings. The van der Waals surface area contributed by atoms with Gasteiger partial charge in [0.05, 0.1) is 25.9 Å². The van der Waals surface area contributed by atoms with Gasteiger partial charge in [-0.1, -0.05) is 0 Å². The lowest BCUT2D eigenvalue weighted by Crippen LogP contribution is -2.62. The molecule has 11 nitrogen and oxygen atoms in total. The molecule has 0 aromatic carbocycles. The van der Waals surface area contributed by atoms with Crippen LogP contribution in [-0.4, -0.2) is 121 Å². The first-order chi connectivity index (χ1) is 21.5. The highest BCUT2D eigenvalue weighted by Crippen LogP contribution is 2.40. The molecule has 2 saturated heterocycles. The number of alkyl carbamates (subject to hydrolysis) is 2. The SMILES string of the molecule is COC(=O)NCCCCCOC1CC(C)(C)N(CCOC(=O)NCCCCCOC2CC(C)(C)N(CCO)C(C)(C)C2)C(C)(C)C1. The van der Waals surface area contributed by atoms with Gasteiger partial charge >= 0.3 is 12.2 Å². The summed E-state index contributed by atoms with van der Waals surface area (Å²) in [7, 11) is 1.37. The summed E-state index contributed by atoms with van der Waals surface area (Å²) in [5, 5.41) is 15.1. The van der Waals surface area contributed by atoms with Gasteiger partial charge < -0.3 is 34.7 Å². The van der Waals surface area contributed by atoms with Gasteiger partial charge in [0, 0.05) is 61.5 Å². The number of hydrogen-bond acceptors (Lipinski definition) is 9. The number of ether oxygens (including phenoxy) is 4. The van der Waals surface area contributed by atoms with Crippen LogP contribution in [0.15, 0.2) is 0 Å². The van der Waals surface area contributed by atoms with E-state index in [1.165, 1.54) is 7.11 Å². The molecule has 11 heteroatoms. The van der Waals surface area contributed by atoms with Crippen molar-refractivity contribution in [2.75, 3.05) is 59.7 Å². The lowest BCUT2D eigenvalue weighted by atomic mass is 9.78. The van der Waals surface area contributed by atoms with E-state index in [1.54, 1.807) is 0 Å². The predicted molar refractivity (Wildman–Crippen MR) is 182 cm³/mol. The van der Waals surface area contributed by atoms with E-state index in [0.717, 1.165) is 70.8 Å². The van der Waals surface area contributed by atoms with E-state index < -0.39 is 0 Å². The second kappa shape index (κ2) is 18.8. The number of nitrogens with zero attached hydrogens (tertiary/aromatic N) is 2. The molecular weight excluding hydrogens is 588 g/mol. The number of hydrogen-bond donors (Lipinski definition) is 3. The minimum absolute atomic E-state index is 0.0101. The summed E-state index contributed by atoms with van der Waals surface area (Å²) in [4.78, 5) is 28.3. The number of carbonyl (C=O) groups excluding carboxylic acids is 2. The van der Waals surface area contributed by atoms with E-state index in [9.17, 15) is 14.7 Å². The molecule has 2 heterocycles. The number of carbonyl (C=O) groups is 2. The van der Waals surface area contributed by atoms with E-state index in [0.29, 0.717) is 39.4 Å². The lowest BCUT2D eigenvalue weighted by Gasteiger charge is -2.55. The first-order valence-corrected chi connectivity index (χ1v) is 17.7. The summed E-state index contributed by atoms with van der Waals surface area (Å²) >= 11 is 0. The Morgan fingerprint density at radius 3 is 1.46 bits per heavy atom. The van der Waals surface area contributed by atoms with Crippen molar-refractivity contribution >= 4 is 12.2 Å². The maximum absolute atomic E-state index is 12.4. The van der Waals surface area contributed by atoms with Crippen molar-refractivity contribution in [2.45, 2.75) is 154 Å². The van der Waals surface area contributed by atoms with Crippen LogP contribution in [0.3, 0.4) is 0 Å². The normalized spacial score (nSPS) is 21.5. The molecule has 270 valence electrons. The van der Waals surface area contributed by atoms with Crippen molar-refractivity contribution in [1.82, 2.24) is 20.4 Å². The quantitative estimate of drug-likeness (QED) is 0.155. The third-order valence-corrected chi connectivity index (χ3v) is 9.78. The summed E-state index contributed by atoms with van der Waals surface area (Å²) in [5.41, 5.74) is -0.185. The Morgan fingerprint density at radius 2 is 1.04 bits per heavy atom. The van der Waals surface area contributed by atoms with Gasteiger partial charge in [-0.05, 0) is 120 Å². The number of aliphatic hydroxyl groups is 1. The Hall–Kier alpha value is -1.66. The molecule has 3 N–H and O–H groups in total. The van der Waals surface area contributed by atoms with Crippen LogP contribution in [0.2, 0.25) is 0 Å². The third-order valence-electron chi connectivity index (χ3n) is 9.78. The monoisotopic (exact) mass is 657 g/mol. The van der Waals surface area contributed by atoms with Gasteiger partial charge in [-0.2, -0.15) is 0 Å². The predicted octanol–water partition coefficient (Wildman–Crippen LogP) is 5.48. The van der Waals surface area contributed by atoms with Crippen molar-refractivity contribution in [3.8, 4) is 0 Å². The van der Waals surface area contributed by atoms with E-state index >= 15 is 0 Å². The van der Waals surface area contributed by atoms with Crippen molar-refractivity contribution in [3.63, 3.8) is 0 Å². The minimum atomic E-state index is -0.386. The van der Waals surface area contributed by atoms with Crippen LogP contribution in [0, 0.1) is 0 Å². The Labute approximate surface area is 279 Å². The Balaban J connectivity index is 1.58. The van der Waals surface area contributed by atoms with Crippen molar-refractivity contribution in [3.05, 3.63) is 0 Å². The van der Waals surface area contributed by atoms with Gasteiger partial charge in [0.2, 0.25) is 0 Å². The van der Waals surface area contributed by atoms with Crippen LogP contribution in [0.25, 0.3) is 0 Å². The third kappa shape index (κ3) is 13.5. The fourth-order valence-electron chi connectivity index (χ4n) is 8.04. The first-order valence-electron chi connectivity index (χ1n) is 17.7. The molecule has 0 unspecified atom stereocenters. The van der Waals surface area contributed by atoms with Crippen LogP contribution in [0.5, 0.6) is 0 Å². The maximum Gasteiger partial charge on any atom is 0.407 e. The van der Waals surface area contributed by atoms with Gasteiger partial charge in [0.25, 0.3) is 0 Å². The average molecular weight is 657 g/mol. The molecule has 0 bridgehead atoms. The summed E-state index contributed by atoms with van der Waals surface area (Å²) in [5.74, 6) is 0. The van der Waals surface area contributed by atoms with Gasteiger partial charge in [0.1, 0.15) is 6.61 Å². The fourth-order valence-corrected chi connectivity index (χ4v) is 8.04. The standard InChI is InChI=1S/C35H68N4O7/c1-32(2)24-28(25-33(3,4)38(32)18-20-40)44-22-15-11-13-17-37-31(42)46-23-19-39-34(5,6)26-29(27-35(39,7)8)45-21-14-10-12-16-36-30(41)43-9/h28-29,40H,10-27H2,1-9H3,(H,36,41)(H,37,42). The molecule has 0 aromatic heterocycles. The zero-order valence-electron chi connectivity index (χ0n) is 30.7. The fraction of sp³-hybridized carbons (Fsp3) is 0.943. The zero-order valence-corrected chi connectivity index (χ0v) is 30.7. The number of methoxy groups -OCH3 is 1. The topological polar surface area (TPSA) is 122 Å². The largest absolute Gasteiger partial charge is 0.453 e. The summed E-state index contributed by atoms with van der Waals surface area (Å²) < 4.78 is 22.7. The second-order valence-electron chi connectivity index (χ2n) is 15.7. The van der Waals surface area contributed by atoms with Crippen molar-refractivity contribution < 1.29 is 33.6 Å². The molecular formula is C35H68N4O7. The average Bonchev–Trinajstić information content (AvgIpc) is 2.94. The highest BCUT2D eigenvalue weighted by Gasteiger charge is 2.46. The molecule has 0 aromatic rings. The van der Waals surface area contributed by atoms with Crippen LogP contribution in [0.1, 0.15) is 120 Å². The molecule has 0 atom stereocenters.